The molecule has 0 aromatic heterocycles. The first-order valence-corrected chi connectivity index (χ1v) is 6.40. The minimum Gasteiger partial charge on any atom is -0.481 e. The molecule has 0 aliphatic carbocycles. The zero-order chi connectivity index (χ0) is 14.3. The first-order valence-electron chi connectivity index (χ1n) is 6.40. The fraction of sp³-hybridized carbons (Fsp3) is 0.429. The van der Waals surface area contributed by atoms with Gasteiger partial charge in [0.05, 0.1) is 6.04 Å². The van der Waals surface area contributed by atoms with Crippen LogP contribution >= 0.6 is 0 Å². The van der Waals surface area contributed by atoms with E-state index in [1.807, 2.05) is 24.3 Å². The predicted octanol–water partition coefficient (Wildman–Crippen LogP) is 1.77. The number of amides is 1. The Labute approximate surface area is 112 Å². The maximum atomic E-state index is 11.9. The van der Waals surface area contributed by atoms with Crippen molar-refractivity contribution in [1.82, 2.24) is 0 Å². The molecule has 5 nitrogen and oxygen atoms in total. The molecular formula is C14H20N2O3. The molecule has 0 bridgehead atoms. The number of aliphatic carboxylic acids is 1. The topological polar surface area (TPSA) is 92.4 Å². The number of carbonyl (C=O) groups excluding carboxylic acids is 1. The van der Waals surface area contributed by atoms with Crippen LogP contribution in [0.4, 0.5) is 5.69 Å². The van der Waals surface area contributed by atoms with Crippen LogP contribution in [0.2, 0.25) is 0 Å². The lowest BCUT2D eigenvalue weighted by atomic mass is 10.1. The first-order chi connectivity index (χ1) is 9.04. The smallest absolute Gasteiger partial charge is 0.303 e. The number of anilines is 1. The highest BCUT2D eigenvalue weighted by atomic mass is 16.4. The van der Waals surface area contributed by atoms with E-state index in [0.717, 1.165) is 24.1 Å². The molecule has 5 heteroatoms. The third-order valence-corrected chi connectivity index (χ3v) is 2.80. The molecular weight excluding hydrogens is 244 g/mol. The van der Waals surface area contributed by atoms with E-state index in [4.69, 9.17) is 10.8 Å². The molecule has 1 unspecified atom stereocenters. The highest BCUT2D eigenvalue weighted by Crippen LogP contribution is 2.17. The van der Waals surface area contributed by atoms with Gasteiger partial charge in [-0.2, -0.15) is 0 Å². The first kappa shape index (κ1) is 15.2. The van der Waals surface area contributed by atoms with Gasteiger partial charge in [-0.1, -0.05) is 31.5 Å². The zero-order valence-electron chi connectivity index (χ0n) is 11.1. The fourth-order valence-electron chi connectivity index (χ4n) is 1.77. The molecule has 0 aliphatic rings. The Bertz CT molecular complexity index is 446. The van der Waals surface area contributed by atoms with Crippen LogP contribution in [0.5, 0.6) is 0 Å². The minimum absolute atomic E-state index is 0.106. The molecule has 1 rings (SSSR count). The molecule has 0 fully saturated rings. The second-order valence-corrected chi connectivity index (χ2v) is 4.44. The Kier molecular flexibility index (Phi) is 6.02. The number of rotatable bonds is 7. The van der Waals surface area contributed by atoms with E-state index in [9.17, 15) is 9.59 Å². The highest BCUT2D eigenvalue weighted by molar-refractivity contribution is 5.95. The van der Waals surface area contributed by atoms with Gasteiger partial charge in [-0.3, -0.25) is 9.59 Å². The van der Waals surface area contributed by atoms with Gasteiger partial charge in [0.1, 0.15) is 0 Å². The average molecular weight is 264 g/mol. The summed E-state index contributed by atoms with van der Waals surface area (Å²) in [5.41, 5.74) is 7.47. The van der Waals surface area contributed by atoms with Gasteiger partial charge in [-0.25, -0.2) is 0 Å². The summed E-state index contributed by atoms with van der Waals surface area (Å²) in [6.07, 6.45) is 1.89. The highest BCUT2D eigenvalue weighted by Gasteiger charge is 2.15. The number of nitrogens with two attached hydrogens (primary N) is 1. The summed E-state index contributed by atoms with van der Waals surface area (Å²) in [7, 11) is 0. The minimum atomic E-state index is -0.949. The SMILES string of the molecule is CCCc1ccccc1NC(=O)C(N)CCC(=O)O. The summed E-state index contributed by atoms with van der Waals surface area (Å²) in [5.74, 6) is -1.29. The molecule has 0 heterocycles. The van der Waals surface area contributed by atoms with E-state index < -0.39 is 12.0 Å². The van der Waals surface area contributed by atoms with Crippen molar-refractivity contribution < 1.29 is 14.7 Å². The number of carboxylic acids is 1. The lowest BCUT2D eigenvalue weighted by Crippen LogP contribution is -2.36. The molecule has 0 saturated carbocycles. The van der Waals surface area contributed by atoms with Gasteiger partial charge in [0.15, 0.2) is 0 Å². The van der Waals surface area contributed by atoms with E-state index in [2.05, 4.69) is 12.2 Å². The summed E-state index contributed by atoms with van der Waals surface area (Å²) < 4.78 is 0. The van der Waals surface area contributed by atoms with Crippen molar-refractivity contribution >= 4 is 17.6 Å². The summed E-state index contributed by atoms with van der Waals surface area (Å²) in [4.78, 5) is 22.3. The van der Waals surface area contributed by atoms with E-state index in [1.165, 1.54) is 0 Å². The number of nitrogens with one attached hydrogen (secondary N) is 1. The van der Waals surface area contributed by atoms with Gasteiger partial charge in [0.2, 0.25) is 5.91 Å². The second kappa shape index (κ2) is 7.53. The molecule has 0 aliphatic heterocycles. The molecule has 19 heavy (non-hydrogen) atoms. The number of carbonyl (C=O) groups is 2. The van der Waals surface area contributed by atoms with Gasteiger partial charge in [-0.15, -0.1) is 0 Å². The van der Waals surface area contributed by atoms with Crippen LogP contribution in [0.3, 0.4) is 0 Å². The Morgan fingerprint density at radius 3 is 2.68 bits per heavy atom. The van der Waals surface area contributed by atoms with Gasteiger partial charge in [-0.05, 0) is 24.5 Å². The van der Waals surface area contributed by atoms with Crippen molar-refractivity contribution in [3.63, 3.8) is 0 Å². The van der Waals surface area contributed by atoms with Gasteiger partial charge >= 0.3 is 5.97 Å². The van der Waals surface area contributed by atoms with Gasteiger partial charge < -0.3 is 16.2 Å². The molecule has 1 atom stereocenters. The van der Waals surface area contributed by atoms with E-state index in [-0.39, 0.29) is 18.7 Å². The third-order valence-electron chi connectivity index (χ3n) is 2.80. The number of hydrogen-bond donors (Lipinski definition) is 3. The Hall–Kier alpha value is -1.88. The van der Waals surface area contributed by atoms with Crippen molar-refractivity contribution in [1.29, 1.82) is 0 Å². The molecule has 1 aromatic rings. The van der Waals surface area contributed by atoms with Crippen molar-refractivity contribution in [2.75, 3.05) is 5.32 Å². The number of aryl methyl sites for hydroxylation is 1. The van der Waals surface area contributed by atoms with E-state index in [0.29, 0.717) is 0 Å². The molecule has 1 aromatic carbocycles. The molecule has 104 valence electrons. The van der Waals surface area contributed by atoms with Crippen LogP contribution in [0, 0.1) is 0 Å². The van der Waals surface area contributed by atoms with Crippen molar-refractivity contribution in [2.45, 2.75) is 38.6 Å². The Balaban J connectivity index is 2.63. The largest absolute Gasteiger partial charge is 0.481 e. The number of hydrogen-bond acceptors (Lipinski definition) is 3. The molecule has 4 N–H and O–H groups in total. The van der Waals surface area contributed by atoms with Crippen LogP contribution in [0.1, 0.15) is 31.7 Å². The maximum absolute atomic E-state index is 11.9. The van der Waals surface area contributed by atoms with Crippen molar-refractivity contribution in [2.24, 2.45) is 5.73 Å². The lowest BCUT2D eigenvalue weighted by molar-refractivity contribution is -0.137. The van der Waals surface area contributed by atoms with Crippen LogP contribution in [-0.4, -0.2) is 23.0 Å². The van der Waals surface area contributed by atoms with E-state index >= 15 is 0 Å². The van der Waals surface area contributed by atoms with E-state index in [1.54, 1.807) is 0 Å². The van der Waals surface area contributed by atoms with Crippen LogP contribution in [-0.2, 0) is 16.0 Å². The fourth-order valence-corrected chi connectivity index (χ4v) is 1.77. The van der Waals surface area contributed by atoms with Crippen LogP contribution in [0.15, 0.2) is 24.3 Å². The quantitative estimate of drug-likeness (QED) is 0.699. The monoisotopic (exact) mass is 264 g/mol. The van der Waals surface area contributed by atoms with Crippen LogP contribution in [0.25, 0.3) is 0 Å². The predicted molar refractivity (Wildman–Crippen MR) is 73.9 cm³/mol. The normalized spacial score (nSPS) is 11.9. The lowest BCUT2D eigenvalue weighted by Gasteiger charge is -2.14. The number of para-hydroxylation sites is 1. The summed E-state index contributed by atoms with van der Waals surface area (Å²) in [5, 5.41) is 11.3. The van der Waals surface area contributed by atoms with Gasteiger partial charge in [0, 0.05) is 12.1 Å². The number of benzene rings is 1. The Morgan fingerprint density at radius 1 is 1.37 bits per heavy atom. The number of carboxylic acid groups (broad SMARTS) is 1. The summed E-state index contributed by atoms with van der Waals surface area (Å²) >= 11 is 0. The summed E-state index contributed by atoms with van der Waals surface area (Å²) in [6, 6.07) is 6.75. The average Bonchev–Trinajstić information content (AvgIpc) is 2.38. The zero-order valence-corrected chi connectivity index (χ0v) is 11.1. The van der Waals surface area contributed by atoms with Crippen molar-refractivity contribution in [3.05, 3.63) is 29.8 Å². The van der Waals surface area contributed by atoms with Crippen LogP contribution < -0.4 is 11.1 Å². The third kappa shape index (κ3) is 5.09. The van der Waals surface area contributed by atoms with Crippen molar-refractivity contribution in [3.8, 4) is 0 Å². The molecule has 0 saturated heterocycles. The summed E-state index contributed by atoms with van der Waals surface area (Å²) in [6.45, 7) is 2.07. The molecule has 1 amide bonds. The standard InChI is InChI=1S/C14H20N2O3/c1-2-5-10-6-3-4-7-12(10)16-14(19)11(15)8-9-13(17)18/h3-4,6-7,11H,2,5,8-9,15H2,1H3,(H,16,19)(H,17,18). The maximum Gasteiger partial charge on any atom is 0.303 e. The Morgan fingerprint density at radius 2 is 2.05 bits per heavy atom. The molecule has 0 radical (unpaired) electrons. The molecule has 0 spiro atoms. The second-order valence-electron chi connectivity index (χ2n) is 4.44. The van der Waals surface area contributed by atoms with Gasteiger partial charge in [0.25, 0.3) is 0 Å².